The molecule has 1 aliphatic heterocycles. The Morgan fingerprint density at radius 2 is 1.67 bits per heavy atom. The van der Waals surface area contributed by atoms with Gasteiger partial charge in [-0.25, -0.2) is 0 Å². The van der Waals surface area contributed by atoms with E-state index in [4.69, 9.17) is 23.2 Å². The molecule has 0 N–H and O–H groups in total. The maximum absolute atomic E-state index is 13.1. The van der Waals surface area contributed by atoms with Gasteiger partial charge in [0.05, 0.1) is 15.6 Å². The Morgan fingerprint density at radius 1 is 0.967 bits per heavy atom. The van der Waals surface area contributed by atoms with Crippen molar-refractivity contribution in [3.8, 4) is 0 Å². The predicted octanol–water partition coefficient (Wildman–Crippen LogP) is 6.54. The van der Waals surface area contributed by atoms with Gasteiger partial charge in [-0.05, 0) is 48.7 Å². The number of Topliss-reactive ketones (excluding diaryl/α,β-unsaturated/α-hetero) is 1. The normalized spacial score (nSPS) is 19.9. The van der Waals surface area contributed by atoms with Crippen molar-refractivity contribution >= 4 is 40.6 Å². The molecule has 1 amide bonds. The SMILES string of the molecule is O=C1CCCC2=C1C(c1cccc(Cl)c1Cl)CC(=O)N2c1ccc(C(F)(F)F)cc1. The van der Waals surface area contributed by atoms with E-state index in [1.807, 2.05) is 0 Å². The van der Waals surface area contributed by atoms with Crippen LogP contribution >= 0.6 is 23.2 Å². The molecule has 0 spiro atoms. The van der Waals surface area contributed by atoms with Crippen molar-refractivity contribution in [1.82, 2.24) is 0 Å². The molecular formula is C22H16Cl2F3NO2. The molecule has 1 atom stereocenters. The van der Waals surface area contributed by atoms with Gasteiger partial charge < -0.3 is 0 Å². The zero-order chi connectivity index (χ0) is 21.6. The first-order chi connectivity index (χ1) is 14.2. The zero-order valence-electron chi connectivity index (χ0n) is 15.6. The fourth-order valence-corrected chi connectivity index (χ4v) is 4.59. The van der Waals surface area contributed by atoms with Crippen molar-refractivity contribution in [1.29, 1.82) is 0 Å². The summed E-state index contributed by atoms with van der Waals surface area (Å²) < 4.78 is 38.7. The summed E-state index contributed by atoms with van der Waals surface area (Å²) in [5.74, 6) is -0.914. The number of carbonyl (C=O) groups excluding carboxylic acids is 2. The largest absolute Gasteiger partial charge is 0.416 e. The lowest BCUT2D eigenvalue weighted by atomic mass is 9.77. The lowest BCUT2D eigenvalue weighted by Crippen LogP contribution is -2.40. The summed E-state index contributed by atoms with van der Waals surface area (Å²) in [5, 5.41) is 0.627. The molecule has 8 heteroatoms. The van der Waals surface area contributed by atoms with E-state index < -0.39 is 17.7 Å². The molecule has 0 aromatic heterocycles. The summed E-state index contributed by atoms with van der Waals surface area (Å²) >= 11 is 12.5. The van der Waals surface area contributed by atoms with E-state index >= 15 is 0 Å². The van der Waals surface area contributed by atoms with E-state index in [-0.39, 0.29) is 18.1 Å². The Morgan fingerprint density at radius 3 is 2.33 bits per heavy atom. The van der Waals surface area contributed by atoms with Gasteiger partial charge in [0.1, 0.15) is 0 Å². The molecule has 0 saturated carbocycles. The first-order valence-electron chi connectivity index (χ1n) is 9.39. The van der Waals surface area contributed by atoms with Crippen LogP contribution in [0.1, 0.15) is 42.7 Å². The number of rotatable bonds is 2. The first-order valence-corrected chi connectivity index (χ1v) is 10.1. The van der Waals surface area contributed by atoms with Gasteiger partial charge in [-0.2, -0.15) is 13.2 Å². The summed E-state index contributed by atoms with van der Waals surface area (Å²) in [6, 6.07) is 9.48. The maximum atomic E-state index is 13.1. The van der Waals surface area contributed by atoms with E-state index in [2.05, 4.69) is 0 Å². The number of carbonyl (C=O) groups is 2. The highest BCUT2D eigenvalue weighted by Crippen LogP contribution is 2.46. The Balaban J connectivity index is 1.83. The minimum atomic E-state index is -4.47. The maximum Gasteiger partial charge on any atom is 0.416 e. The number of benzene rings is 2. The Labute approximate surface area is 181 Å². The van der Waals surface area contributed by atoms with Gasteiger partial charge in [-0.1, -0.05) is 35.3 Å². The van der Waals surface area contributed by atoms with Crippen LogP contribution < -0.4 is 4.90 Å². The third-order valence-corrected chi connectivity index (χ3v) is 6.32. The first kappa shape index (κ1) is 20.9. The molecule has 156 valence electrons. The molecule has 2 aromatic rings. The van der Waals surface area contributed by atoms with Gasteiger partial charge in [0.2, 0.25) is 5.91 Å². The topological polar surface area (TPSA) is 37.4 Å². The third-order valence-electron chi connectivity index (χ3n) is 5.48. The molecule has 0 bridgehead atoms. The number of hydrogen-bond acceptors (Lipinski definition) is 2. The molecule has 1 aliphatic carbocycles. The van der Waals surface area contributed by atoms with Crippen LogP contribution in [0, 0.1) is 0 Å². The van der Waals surface area contributed by atoms with Crippen molar-refractivity contribution in [3.63, 3.8) is 0 Å². The average Bonchev–Trinajstić information content (AvgIpc) is 2.69. The molecule has 3 nitrogen and oxygen atoms in total. The predicted molar refractivity (Wildman–Crippen MR) is 109 cm³/mol. The molecule has 0 radical (unpaired) electrons. The van der Waals surface area contributed by atoms with Crippen molar-refractivity contribution in [2.45, 2.75) is 37.8 Å². The minimum Gasteiger partial charge on any atom is -0.294 e. The van der Waals surface area contributed by atoms with Gasteiger partial charge in [0.25, 0.3) is 0 Å². The number of hydrogen-bond donors (Lipinski definition) is 0. The lowest BCUT2D eigenvalue weighted by molar-refractivity contribution is -0.137. The second-order valence-electron chi connectivity index (χ2n) is 7.31. The number of alkyl halides is 3. The standard InChI is InChI=1S/C22H16Cl2F3NO2/c23-16-4-1-3-14(21(16)24)15-11-19(30)28(17-5-2-6-18(29)20(15)17)13-9-7-12(8-10-13)22(25,26)27/h1,3-4,7-10,15H,2,5-6,11H2. The van der Waals surface area contributed by atoms with Crippen molar-refractivity contribution in [3.05, 3.63) is 74.9 Å². The summed E-state index contributed by atoms with van der Waals surface area (Å²) in [6.45, 7) is 0. The number of allylic oxidation sites excluding steroid dienone is 2. The Bertz CT molecular complexity index is 1060. The smallest absolute Gasteiger partial charge is 0.294 e. The van der Waals surface area contributed by atoms with Crippen LogP contribution in [0.2, 0.25) is 10.0 Å². The van der Waals surface area contributed by atoms with Crippen LogP contribution in [0.25, 0.3) is 0 Å². The number of amides is 1. The van der Waals surface area contributed by atoms with Crippen molar-refractivity contribution in [2.24, 2.45) is 0 Å². The van der Waals surface area contributed by atoms with Crippen molar-refractivity contribution < 1.29 is 22.8 Å². The number of halogens is 5. The van der Waals surface area contributed by atoms with Crippen LogP contribution in [0.3, 0.4) is 0 Å². The Hall–Kier alpha value is -2.31. The molecular weight excluding hydrogens is 438 g/mol. The molecule has 0 saturated heterocycles. The summed E-state index contributed by atoms with van der Waals surface area (Å²) in [5.41, 5.74) is 1.14. The third kappa shape index (κ3) is 3.63. The van der Waals surface area contributed by atoms with Crippen LogP contribution in [-0.2, 0) is 15.8 Å². The van der Waals surface area contributed by atoms with E-state index in [0.29, 0.717) is 51.8 Å². The van der Waals surface area contributed by atoms with Crippen LogP contribution in [0.15, 0.2) is 53.7 Å². The zero-order valence-corrected chi connectivity index (χ0v) is 17.1. The van der Waals surface area contributed by atoms with E-state index in [1.54, 1.807) is 18.2 Å². The molecule has 4 rings (SSSR count). The Kier molecular flexibility index (Phi) is 5.41. The highest BCUT2D eigenvalue weighted by molar-refractivity contribution is 6.42. The van der Waals surface area contributed by atoms with Crippen LogP contribution in [0.5, 0.6) is 0 Å². The summed E-state index contributed by atoms with van der Waals surface area (Å²) in [4.78, 5) is 27.3. The molecule has 30 heavy (non-hydrogen) atoms. The van der Waals surface area contributed by atoms with Crippen molar-refractivity contribution in [2.75, 3.05) is 4.90 Å². The molecule has 2 aromatic carbocycles. The quantitative estimate of drug-likeness (QED) is 0.517. The van der Waals surface area contributed by atoms with E-state index in [0.717, 1.165) is 12.1 Å². The number of nitrogens with zero attached hydrogens (tertiary/aromatic N) is 1. The van der Waals surface area contributed by atoms with Gasteiger partial charge >= 0.3 is 6.18 Å². The molecule has 1 unspecified atom stereocenters. The lowest BCUT2D eigenvalue weighted by Gasteiger charge is -2.38. The van der Waals surface area contributed by atoms with E-state index in [9.17, 15) is 22.8 Å². The second-order valence-corrected chi connectivity index (χ2v) is 8.10. The summed E-state index contributed by atoms with van der Waals surface area (Å²) in [6.07, 6.45) is -3.10. The van der Waals surface area contributed by atoms with Gasteiger partial charge in [0.15, 0.2) is 5.78 Å². The summed E-state index contributed by atoms with van der Waals surface area (Å²) in [7, 11) is 0. The fraction of sp³-hybridized carbons (Fsp3) is 0.273. The molecule has 0 fully saturated rings. The van der Waals surface area contributed by atoms with Gasteiger partial charge in [-0.15, -0.1) is 0 Å². The van der Waals surface area contributed by atoms with Crippen LogP contribution in [-0.4, -0.2) is 11.7 Å². The fourth-order valence-electron chi connectivity index (χ4n) is 4.15. The molecule has 2 aliphatic rings. The average molecular weight is 454 g/mol. The number of anilines is 1. The highest BCUT2D eigenvalue weighted by atomic mass is 35.5. The minimum absolute atomic E-state index is 0.0222. The second kappa shape index (κ2) is 7.75. The van der Waals surface area contributed by atoms with Gasteiger partial charge in [0, 0.05) is 35.7 Å². The van der Waals surface area contributed by atoms with Crippen LogP contribution in [0.4, 0.5) is 18.9 Å². The van der Waals surface area contributed by atoms with E-state index in [1.165, 1.54) is 17.0 Å². The number of ketones is 1. The highest BCUT2D eigenvalue weighted by Gasteiger charge is 2.40. The monoisotopic (exact) mass is 453 g/mol. The molecule has 1 heterocycles. The van der Waals surface area contributed by atoms with Gasteiger partial charge in [-0.3, -0.25) is 14.5 Å².